The van der Waals surface area contributed by atoms with Gasteiger partial charge in [-0.3, -0.25) is 16.3 Å². The lowest BCUT2D eigenvalue weighted by Gasteiger charge is -2.23. The van der Waals surface area contributed by atoms with Gasteiger partial charge in [0, 0.05) is 41.3 Å². The first-order valence-electron chi connectivity index (χ1n) is 17.2. The molecule has 0 spiro atoms. The number of aryl methyl sites for hydroxylation is 2. The van der Waals surface area contributed by atoms with Crippen LogP contribution >= 0.6 is 11.5 Å². The maximum Gasteiger partial charge on any atom is 0.333 e. The first kappa shape index (κ1) is 38.7. The van der Waals surface area contributed by atoms with E-state index in [1.54, 1.807) is 24.3 Å². The number of anilines is 2. The number of sulfone groups is 1. The quantitative estimate of drug-likeness (QED) is 0.0502. The zero-order chi connectivity index (χ0) is 37.6. The minimum absolute atomic E-state index is 0.171. The number of rotatable bonds is 12. The van der Waals surface area contributed by atoms with E-state index in [1.165, 1.54) is 23.5 Å². The Balaban J connectivity index is 0.000000206. The summed E-state index contributed by atoms with van der Waals surface area (Å²) in [5.41, 5.74) is 14.3. The van der Waals surface area contributed by atoms with Gasteiger partial charge in [-0.2, -0.15) is 14.3 Å². The molecule has 0 saturated heterocycles. The lowest BCUT2D eigenvalue weighted by molar-refractivity contribution is 0.234. The molecule has 2 aromatic heterocycles. The van der Waals surface area contributed by atoms with Gasteiger partial charge in [0.25, 0.3) is 0 Å². The van der Waals surface area contributed by atoms with Crippen LogP contribution < -0.4 is 37.1 Å². The zero-order valence-electron chi connectivity index (χ0n) is 29.8. The number of nitrogens with zero attached hydrogens (tertiary/aromatic N) is 4. The summed E-state index contributed by atoms with van der Waals surface area (Å²) in [6.45, 7) is 5.12. The summed E-state index contributed by atoms with van der Waals surface area (Å²) < 4.78 is 33.6. The number of ether oxygens (including phenoxy) is 1. The van der Waals surface area contributed by atoms with Gasteiger partial charge in [-0.15, -0.1) is 0 Å². The predicted octanol–water partition coefficient (Wildman–Crippen LogP) is 5.91. The van der Waals surface area contributed by atoms with Gasteiger partial charge >= 0.3 is 12.1 Å². The fraction of sp³-hybridized carbons (Fsp3) is 0.333. The van der Waals surface area contributed by atoms with Crippen LogP contribution in [0.3, 0.4) is 0 Å². The highest BCUT2D eigenvalue weighted by Gasteiger charge is 2.18. The molecule has 15 nitrogen and oxygen atoms in total. The number of benzene rings is 3. The molecule has 17 heteroatoms. The highest BCUT2D eigenvalue weighted by Crippen LogP contribution is 2.23. The number of hydrazine groups is 2. The van der Waals surface area contributed by atoms with E-state index in [-0.39, 0.29) is 29.1 Å². The van der Waals surface area contributed by atoms with Crippen LogP contribution in [0.4, 0.5) is 20.5 Å². The minimum Gasteiger partial charge on any atom is -0.493 e. The highest BCUT2D eigenvalue weighted by atomic mass is 32.2. The third-order valence-corrected chi connectivity index (χ3v) is 9.56. The van der Waals surface area contributed by atoms with Crippen LogP contribution in [0.1, 0.15) is 49.7 Å². The first-order valence-corrected chi connectivity index (χ1v) is 19.9. The molecular formula is C36H44N10O5S2. The average Bonchev–Trinajstić information content (AvgIpc) is 3.63. The van der Waals surface area contributed by atoms with Crippen molar-refractivity contribution in [2.24, 2.45) is 0 Å². The molecule has 0 radical (unpaired) electrons. The molecule has 4 amide bonds. The fourth-order valence-electron chi connectivity index (χ4n) is 5.45. The first-order chi connectivity index (χ1) is 25.5. The van der Waals surface area contributed by atoms with Crippen molar-refractivity contribution in [1.29, 1.82) is 0 Å². The summed E-state index contributed by atoms with van der Waals surface area (Å²) in [7, 11) is -3.57. The van der Waals surface area contributed by atoms with Gasteiger partial charge in [0.1, 0.15) is 5.75 Å². The molecule has 3 aromatic carbocycles. The van der Waals surface area contributed by atoms with Crippen LogP contribution in [0.2, 0.25) is 0 Å². The molecular weight excluding hydrogens is 717 g/mol. The SMILES string of the molecule is CS(=O)(=O)c1nc(NNC(=O)NC2CCCCC2)c2ccccc2n1.Cc1ccc(OCCCNC(=O)NNc2nc(-c3ccccc3)ns2)c(C)c1. The second kappa shape index (κ2) is 18.8. The van der Waals surface area contributed by atoms with Gasteiger partial charge in [-0.25, -0.2) is 28.4 Å². The molecule has 5 aromatic rings. The fourth-order valence-corrected chi connectivity index (χ4v) is 6.52. The van der Waals surface area contributed by atoms with Crippen LogP contribution in [0.15, 0.2) is 78.0 Å². The number of para-hydroxylation sites is 1. The Kier molecular flexibility index (Phi) is 13.7. The van der Waals surface area contributed by atoms with Crippen LogP contribution in [0.25, 0.3) is 22.3 Å². The summed E-state index contributed by atoms with van der Waals surface area (Å²) in [6, 6.07) is 22.2. The van der Waals surface area contributed by atoms with Gasteiger partial charge in [-0.05, 0) is 56.9 Å². The summed E-state index contributed by atoms with van der Waals surface area (Å²) in [6.07, 6.45) is 7.14. The number of urea groups is 2. The predicted molar refractivity (Wildman–Crippen MR) is 206 cm³/mol. The van der Waals surface area contributed by atoms with E-state index < -0.39 is 9.84 Å². The van der Waals surface area contributed by atoms with Crippen molar-refractivity contribution in [3.63, 3.8) is 0 Å². The van der Waals surface area contributed by atoms with Gasteiger partial charge in [0.2, 0.25) is 20.1 Å². The topological polar surface area (TPSA) is 201 Å². The Morgan fingerprint density at radius 3 is 2.36 bits per heavy atom. The number of amides is 4. The number of fused-ring (bicyclic) bond motifs is 1. The largest absolute Gasteiger partial charge is 0.493 e. The monoisotopic (exact) mass is 760 g/mol. The van der Waals surface area contributed by atoms with Crippen molar-refractivity contribution in [2.75, 3.05) is 30.3 Å². The normalized spacial score (nSPS) is 12.9. The second-order valence-corrected chi connectivity index (χ2v) is 15.1. The van der Waals surface area contributed by atoms with Crippen molar-refractivity contribution in [3.8, 4) is 17.1 Å². The molecule has 1 aliphatic carbocycles. The van der Waals surface area contributed by atoms with Crippen molar-refractivity contribution in [1.82, 2.24) is 40.8 Å². The number of hydrogen-bond acceptors (Lipinski definition) is 12. The van der Waals surface area contributed by atoms with E-state index in [4.69, 9.17) is 4.74 Å². The van der Waals surface area contributed by atoms with Crippen LogP contribution in [0.5, 0.6) is 5.75 Å². The minimum atomic E-state index is -3.57. The van der Waals surface area contributed by atoms with E-state index in [0.29, 0.717) is 41.4 Å². The summed E-state index contributed by atoms with van der Waals surface area (Å²) >= 11 is 1.18. The van der Waals surface area contributed by atoms with Crippen LogP contribution in [0, 0.1) is 13.8 Å². The number of carbonyl (C=O) groups is 2. The maximum absolute atomic E-state index is 12.1. The number of hydrogen-bond donors (Lipinski definition) is 6. The standard InChI is InChI=1S/C20H23N5O2S.C16H21N5O3S/c1-14-9-10-17(15(2)13-14)27-12-6-11-21-19(26)23-24-20-22-18(25-28-20)16-7-4-3-5-8-16;1-25(23,24)16-18-13-10-6-5-9-12(13)14(19-16)20-21-15(22)17-11-7-3-2-4-8-11/h3-5,7-10,13H,6,11-12H2,1-2H3,(H2,21,23,26)(H,22,24,25);5-6,9-11H,2-4,7-8H2,1H3,(H2,17,21,22)(H,18,19,20). The molecule has 0 aliphatic heterocycles. The van der Waals surface area contributed by atoms with Crippen molar-refractivity contribution < 1.29 is 22.7 Å². The van der Waals surface area contributed by atoms with E-state index >= 15 is 0 Å². The molecule has 1 saturated carbocycles. The van der Waals surface area contributed by atoms with Gasteiger partial charge in [0.15, 0.2) is 11.6 Å². The summed E-state index contributed by atoms with van der Waals surface area (Å²) in [5.74, 6) is 1.74. The summed E-state index contributed by atoms with van der Waals surface area (Å²) in [5, 5.41) is 6.52. The molecule has 280 valence electrons. The lowest BCUT2D eigenvalue weighted by atomic mass is 9.96. The second-order valence-electron chi connectivity index (χ2n) is 12.5. The van der Waals surface area contributed by atoms with Crippen LogP contribution in [-0.2, 0) is 9.84 Å². The van der Waals surface area contributed by atoms with Crippen molar-refractivity contribution in [3.05, 3.63) is 83.9 Å². The van der Waals surface area contributed by atoms with E-state index in [2.05, 4.69) is 64.7 Å². The molecule has 0 atom stereocenters. The highest BCUT2D eigenvalue weighted by molar-refractivity contribution is 7.90. The Hall–Kier alpha value is -5.55. The number of carbonyl (C=O) groups excluding carboxylic acids is 2. The summed E-state index contributed by atoms with van der Waals surface area (Å²) in [4.78, 5) is 36.3. The lowest BCUT2D eigenvalue weighted by Crippen LogP contribution is -2.45. The molecule has 1 aliphatic rings. The van der Waals surface area contributed by atoms with Crippen LogP contribution in [-0.4, -0.2) is 65.3 Å². The Labute approximate surface area is 312 Å². The molecule has 6 N–H and O–H groups in total. The molecule has 0 bridgehead atoms. The number of nitrogens with one attached hydrogen (secondary N) is 6. The van der Waals surface area contributed by atoms with Gasteiger partial charge < -0.3 is 15.4 Å². The molecule has 6 rings (SSSR count). The third kappa shape index (κ3) is 12.0. The molecule has 0 unspecified atom stereocenters. The Bertz CT molecular complexity index is 2090. The van der Waals surface area contributed by atoms with Crippen molar-refractivity contribution in [2.45, 2.75) is 63.6 Å². The Morgan fingerprint density at radius 2 is 1.60 bits per heavy atom. The van der Waals surface area contributed by atoms with E-state index in [0.717, 1.165) is 48.8 Å². The smallest absolute Gasteiger partial charge is 0.333 e. The van der Waals surface area contributed by atoms with E-state index in [9.17, 15) is 18.0 Å². The Morgan fingerprint density at radius 1 is 0.868 bits per heavy atom. The van der Waals surface area contributed by atoms with E-state index in [1.807, 2.05) is 49.4 Å². The zero-order valence-corrected chi connectivity index (χ0v) is 31.4. The van der Waals surface area contributed by atoms with Gasteiger partial charge in [-0.1, -0.05) is 79.4 Å². The maximum atomic E-state index is 12.1. The average molecular weight is 761 g/mol. The molecule has 53 heavy (non-hydrogen) atoms. The third-order valence-electron chi connectivity index (χ3n) is 8.08. The number of aromatic nitrogens is 4. The molecule has 1 fully saturated rings. The van der Waals surface area contributed by atoms with Gasteiger partial charge in [0.05, 0.1) is 12.1 Å². The van der Waals surface area contributed by atoms with Crippen molar-refractivity contribution >= 4 is 55.3 Å². The molecule has 2 heterocycles.